The zero-order valence-electron chi connectivity index (χ0n) is 19.4. The molecule has 3 nitrogen and oxygen atoms in total. The molecule has 0 saturated heterocycles. The van der Waals surface area contributed by atoms with E-state index in [1.54, 1.807) is 0 Å². The molecule has 0 heterocycles. The van der Waals surface area contributed by atoms with Crippen molar-refractivity contribution < 1.29 is 17.7 Å². The van der Waals surface area contributed by atoms with Crippen molar-refractivity contribution in [2.75, 3.05) is 21.3 Å². The average Bonchev–Trinajstić information content (AvgIpc) is 2.72. The third-order valence-electron chi connectivity index (χ3n) is 5.80. The Morgan fingerprint density at radius 1 is 0.536 bits per heavy atom. The van der Waals surface area contributed by atoms with Gasteiger partial charge in [0.05, 0.1) is 0 Å². The van der Waals surface area contributed by atoms with Crippen LogP contribution in [-0.4, -0.2) is 35.9 Å². The van der Waals surface area contributed by atoms with Gasteiger partial charge in [-0.3, -0.25) is 0 Å². The standard InChI is InChI=1S/C23H49FO3Si/c1-5-6-7-8-9-10-11-12-13-14-15-16-17-18-19-20-21-22-23(24)28(25-2,26-3)27-4/h23H,5-22H2,1-4H3. The maximum absolute atomic E-state index is 14.3. The average molecular weight is 421 g/mol. The number of halogens is 1. The smallest absolute Gasteiger partial charge is 0.375 e. The van der Waals surface area contributed by atoms with E-state index in [-0.39, 0.29) is 0 Å². The number of alkyl halides is 1. The number of hydrogen-bond acceptors (Lipinski definition) is 3. The maximum atomic E-state index is 14.3. The minimum atomic E-state index is -3.10. The van der Waals surface area contributed by atoms with E-state index in [1.807, 2.05) is 0 Å². The molecule has 0 aromatic carbocycles. The van der Waals surface area contributed by atoms with Gasteiger partial charge in [-0.1, -0.05) is 116 Å². The van der Waals surface area contributed by atoms with E-state index >= 15 is 0 Å². The fourth-order valence-corrected chi connectivity index (χ4v) is 5.68. The lowest BCUT2D eigenvalue weighted by molar-refractivity contribution is 0.0853. The highest BCUT2D eigenvalue weighted by molar-refractivity contribution is 6.62. The Morgan fingerprint density at radius 2 is 0.821 bits per heavy atom. The molecule has 0 spiro atoms. The molecular formula is C23H49FO3Si. The molecule has 0 amide bonds. The molecule has 0 aliphatic heterocycles. The molecule has 1 unspecified atom stereocenters. The summed E-state index contributed by atoms with van der Waals surface area (Å²) in [4.78, 5) is 0. The van der Waals surface area contributed by atoms with Gasteiger partial charge in [0.1, 0.15) is 0 Å². The summed E-state index contributed by atoms with van der Waals surface area (Å²) in [7, 11) is 1.32. The summed E-state index contributed by atoms with van der Waals surface area (Å²) < 4.78 is 29.9. The Balaban J connectivity index is 3.32. The lowest BCUT2D eigenvalue weighted by atomic mass is 10.0. The molecule has 0 fully saturated rings. The van der Waals surface area contributed by atoms with Crippen LogP contribution in [0.3, 0.4) is 0 Å². The van der Waals surface area contributed by atoms with Gasteiger partial charge in [-0.2, -0.15) is 0 Å². The topological polar surface area (TPSA) is 27.7 Å². The summed E-state index contributed by atoms with van der Waals surface area (Å²) >= 11 is 0. The second kappa shape index (κ2) is 20.3. The molecule has 0 aromatic rings. The molecule has 0 radical (unpaired) electrons. The van der Waals surface area contributed by atoms with E-state index in [0.29, 0.717) is 6.42 Å². The summed E-state index contributed by atoms with van der Waals surface area (Å²) in [5.41, 5.74) is 0. The van der Waals surface area contributed by atoms with Crippen molar-refractivity contribution in [3.8, 4) is 0 Å². The molecule has 0 aliphatic rings. The lowest BCUT2D eigenvalue weighted by Crippen LogP contribution is -2.52. The van der Waals surface area contributed by atoms with Crippen molar-refractivity contribution in [2.24, 2.45) is 0 Å². The lowest BCUT2D eigenvalue weighted by Gasteiger charge is -2.27. The third-order valence-corrected chi connectivity index (χ3v) is 8.56. The summed E-state index contributed by atoms with van der Waals surface area (Å²) in [6.45, 7) is 2.28. The normalized spacial score (nSPS) is 13.2. The Morgan fingerprint density at radius 3 is 1.11 bits per heavy atom. The minimum absolute atomic E-state index is 0.473. The second-order valence-electron chi connectivity index (χ2n) is 8.13. The SMILES string of the molecule is CCCCCCCCCCCCCCCCCCCC(F)[Si](OC)(OC)OC. The Hall–Kier alpha value is 0.0269. The number of hydrogen-bond donors (Lipinski definition) is 0. The van der Waals surface area contributed by atoms with Crippen LogP contribution >= 0.6 is 0 Å². The molecule has 0 rings (SSSR count). The van der Waals surface area contributed by atoms with Gasteiger partial charge < -0.3 is 13.3 Å². The highest BCUT2D eigenvalue weighted by atomic mass is 28.4. The van der Waals surface area contributed by atoms with Crippen LogP contribution in [0.1, 0.15) is 122 Å². The molecule has 5 heteroatoms. The fraction of sp³-hybridized carbons (Fsp3) is 1.00. The summed E-state index contributed by atoms with van der Waals surface area (Å²) in [6, 6.07) is 0. The van der Waals surface area contributed by atoms with E-state index in [9.17, 15) is 4.39 Å². The van der Waals surface area contributed by atoms with Crippen LogP contribution in [0.25, 0.3) is 0 Å². The first kappa shape index (κ1) is 28.0. The van der Waals surface area contributed by atoms with Gasteiger partial charge in [0, 0.05) is 21.3 Å². The highest BCUT2D eigenvalue weighted by Crippen LogP contribution is 2.21. The molecule has 28 heavy (non-hydrogen) atoms. The van der Waals surface area contributed by atoms with Crippen LogP contribution in [0.2, 0.25) is 0 Å². The van der Waals surface area contributed by atoms with Gasteiger partial charge in [-0.25, -0.2) is 4.39 Å². The Labute approximate surface area is 176 Å². The van der Waals surface area contributed by atoms with Crippen LogP contribution in [0, 0.1) is 0 Å². The van der Waals surface area contributed by atoms with Gasteiger partial charge in [-0.15, -0.1) is 0 Å². The Bertz CT molecular complexity index is 306. The predicted molar refractivity (Wildman–Crippen MR) is 120 cm³/mol. The summed E-state index contributed by atoms with van der Waals surface area (Å²) in [5, 5.41) is 0. The number of rotatable bonds is 22. The van der Waals surface area contributed by atoms with Crippen LogP contribution in [-0.2, 0) is 13.3 Å². The van der Waals surface area contributed by atoms with Gasteiger partial charge >= 0.3 is 8.80 Å². The molecule has 0 bridgehead atoms. The van der Waals surface area contributed by atoms with Gasteiger partial charge in [0.2, 0.25) is 0 Å². The molecule has 0 saturated carbocycles. The molecule has 0 N–H and O–H groups in total. The second-order valence-corrected chi connectivity index (χ2v) is 11.2. The maximum Gasteiger partial charge on any atom is 0.536 e. The summed E-state index contributed by atoms with van der Waals surface area (Å²) in [5.74, 6) is -1.12. The van der Waals surface area contributed by atoms with Crippen molar-refractivity contribution in [1.82, 2.24) is 0 Å². The zero-order chi connectivity index (χ0) is 20.9. The largest absolute Gasteiger partial charge is 0.536 e. The van der Waals surface area contributed by atoms with Gasteiger partial charge in [0.15, 0.2) is 5.79 Å². The summed E-state index contributed by atoms with van der Waals surface area (Å²) in [6.07, 6.45) is 23.1. The van der Waals surface area contributed by atoms with Crippen molar-refractivity contribution >= 4 is 8.80 Å². The van der Waals surface area contributed by atoms with Crippen LogP contribution in [0.5, 0.6) is 0 Å². The first-order valence-corrected chi connectivity index (χ1v) is 13.8. The first-order chi connectivity index (χ1) is 13.7. The van der Waals surface area contributed by atoms with Crippen LogP contribution in [0.4, 0.5) is 4.39 Å². The van der Waals surface area contributed by atoms with E-state index in [4.69, 9.17) is 13.3 Å². The molecule has 0 aromatic heterocycles. The van der Waals surface area contributed by atoms with Crippen molar-refractivity contribution in [1.29, 1.82) is 0 Å². The van der Waals surface area contributed by atoms with E-state index < -0.39 is 14.6 Å². The highest BCUT2D eigenvalue weighted by Gasteiger charge is 2.47. The fourth-order valence-electron chi connectivity index (χ4n) is 3.86. The predicted octanol–water partition coefficient (Wildman–Crippen LogP) is 7.78. The van der Waals surface area contributed by atoms with E-state index in [1.165, 1.54) is 118 Å². The third kappa shape index (κ3) is 14.1. The molecule has 0 aliphatic carbocycles. The number of unbranched alkanes of at least 4 members (excludes halogenated alkanes) is 16. The van der Waals surface area contributed by atoms with Crippen molar-refractivity contribution in [2.45, 2.75) is 128 Å². The molecule has 170 valence electrons. The minimum Gasteiger partial charge on any atom is -0.375 e. The van der Waals surface area contributed by atoms with E-state index in [0.717, 1.165) is 12.8 Å². The Kier molecular flexibility index (Phi) is 20.3. The van der Waals surface area contributed by atoms with Gasteiger partial charge in [0.25, 0.3) is 0 Å². The van der Waals surface area contributed by atoms with Crippen LogP contribution < -0.4 is 0 Å². The van der Waals surface area contributed by atoms with Crippen molar-refractivity contribution in [3.05, 3.63) is 0 Å². The van der Waals surface area contributed by atoms with E-state index in [2.05, 4.69) is 6.92 Å². The van der Waals surface area contributed by atoms with Crippen LogP contribution in [0.15, 0.2) is 0 Å². The monoisotopic (exact) mass is 420 g/mol. The quantitative estimate of drug-likeness (QED) is 0.132. The molecule has 1 atom stereocenters. The van der Waals surface area contributed by atoms with Crippen molar-refractivity contribution in [3.63, 3.8) is 0 Å². The molecular weight excluding hydrogens is 371 g/mol. The zero-order valence-corrected chi connectivity index (χ0v) is 20.4. The first-order valence-electron chi connectivity index (χ1n) is 12.0. The van der Waals surface area contributed by atoms with Gasteiger partial charge in [-0.05, 0) is 6.42 Å².